The van der Waals surface area contributed by atoms with Gasteiger partial charge in [-0.15, -0.1) is 0 Å². The zero-order chi connectivity index (χ0) is 18.7. The maximum Gasteiger partial charge on any atom is 0.185 e. The maximum absolute atomic E-state index is 5.04. The lowest BCUT2D eigenvalue weighted by molar-refractivity contribution is 0.386. The Labute approximate surface area is 160 Å². The summed E-state index contributed by atoms with van der Waals surface area (Å²) in [7, 11) is 0. The predicted molar refractivity (Wildman–Crippen MR) is 115 cm³/mol. The van der Waals surface area contributed by atoms with Crippen LogP contribution in [-0.4, -0.2) is 29.7 Å². The van der Waals surface area contributed by atoms with Gasteiger partial charge in [0.05, 0.1) is 0 Å². The van der Waals surface area contributed by atoms with Crippen molar-refractivity contribution in [2.75, 3.05) is 0 Å². The lowest BCUT2D eigenvalue weighted by Gasteiger charge is -2.53. The highest BCUT2D eigenvalue weighted by atomic mass is 15.3. The molecule has 0 saturated carbocycles. The molecular formula is C22H35BN3-. The molecule has 0 amide bonds. The summed E-state index contributed by atoms with van der Waals surface area (Å²) >= 11 is 0. The van der Waals surface area contributed by atoms with Crippen molar-refractivity contribution in [1.29, 1.82) is 0 Å². The van der Waals surface area contributed by atoms with E-state index in [0.29, 0.717) is 12.9 Å². The van der Waals surface area contributed by atoms with Crippen LogP contribution in [0.25, 0.3) is 5.32 Å². The van der Waals surface area contributed by atoms with Gasteiger partial charge in [-0.1, -0.05) is 108 Å². The SMILES string of the molecule is Cc1ccc(N=C([N-]C(C)C)N(B2C3CCCC2CCC3)C(C)C)cc1. The number of fused-ring (bicyclic) bond motifs is 2. The molecule has 3 nitrogen and oxygen atoms in total. The number of benzene rings is 1. The van der Waals surface area contributed by atoms with E-state index in [-0.39, 0.29) is 6.04 Å². The summed E-state index contributed by atoms with van der Waals surface area (Å²) in [5.74, 6) is 2.58. The summed E-state index contributed by atoms with van der Waals surface area (Å²) in [5, 5.41) is 4.99. The summed E-state index contributed by atoms with van der Waals surface area (Å²) in [6, 6.07) is 9.19. The Bertz CT molecular complexity index is 586. The van der Waals surface area contributed by atoms with Crippen molar-refractivity contribution < 1.29 is 0 Å². The third-order valence-corrected chi connectivity index (χ3v) is 6.01. The Kier molecular flexibility index (Phi) is 6.31. The second kappa shape index (κ2) is 8.50. The number of hydrogen-bond acceptors (Lipinski definition) is 1. The van der Waals surface area contributed by atoms with Crippen molar-refractivity contribution in [1.82, 2.24) is 4.81 Å². The van der Waals surface area contributed by atoms with E-state index in [9.17, 15) is 0 Å². The molecule has 26 heavy (non-hydrogen) atoms. The Balaban J connectivity index is 1.96. The molecule has 0 N–H and O–H groups in total. The number of aliphatic imine (C=N–C) groups is 1. The average molecular weight is 352 g/mol. The molecule has 3 rings (SSSR count). The van der Waals surface area contributed by atoms with Gasteiger partial charge in [-0.25, -0.2) is 0 Å². The van der Waals surface area contributed by atoms with Crippen LogP contribution in [0.2, 0.25) is 11.6 Å². The largest absolute Gasteiger partial charge is 0.454 e. The zero-order valence-corrected chi connectivity index (χ0v) is 17.3. The third kappa shape index (κ3) is 4.44. The standard InChI is InChI=1S/C22H35BN3/c1-16(2)24-22(25-21-14-12-18(5)13-15-21)26(17(3)4)23-19-8-6-9-20(23)11-7-10-19/h12-17,19-20H,6-11H2,1-5H3/q-1. The first-order chi connectivity index (χ1) is 12.5. The second-order valence-electron chi connectivity index (χ2n) is 8.84. The number of guanidine groups is 1. The minimum atomic E-state index is 0.254. The minimum absolute atomic E-state index is 0.254. The van der Waals surface area contributed by atoms with Gasteiger partial charge < -0.3 is 15.1 Å². The zero-order valence-electron chi connectivity index (χ0n) is 17.3. The van der Waals surface area contributed by atoms with Crippen molar-refractivity contribution in [3.05, 3.63) is 35.1 Å². The highest BCUT2D eigenvalue weighted by Crippen LogP contribution is 2.48. The normalized spacial score (nSPS) is 23.5. The molecule has 2 aliphatic rings. The van der Waals surface area contributed by atoms with Gasteiger partial charge in [0.2, 0.25) is 0 Å². The highest BCUT2D eigenvalue weighted by molar-refractivity contribution is 6.63. The fraction of sp³-hybridized carbons (Fsp3) is 0.682. The molecule has 2 bridgehead atoms. The Morgan fingerprint density at radius 3 is 2.00 bits per heavy atom. The van der Waals surface area contributed by atoms with E-state index in [4.69, 9.17) is 10.3 Å². The molecule has 0 unspecified atom stereocenters. The van der Waals surface area contributed by atoms with Crippen LogP contribution in [0.3, 0.4) is 0 Å². The molecule has 0 aromatic heterocycles. The second-order valence-corrected chi connectivity index (χ2v) is 8.84. The van der Waals surface area contributed by atoms with Gasteiger partial charge in [0.15, 0.2) is 6.85 Å². The van der Waals surface area contributed by atoms with Crippen molar-refractivity contribution in [2.24, 2.45) is 4.99 Å². The van der Waals surface area contributed by atoms with Crippen molar-refractivity contribution >= 4 is 18.5 Å². The van der Waals surface area contributed by atoms with E-state index < -0.39 is 0 Å². The lowest BCUT2D eigenvalue weighted by atomic mass is 9.33. The van der Waals surface area contributed by atoms with E-state index >= 15 is 0 Å². The fourth-order valence-corrected chi connectivity index (χ4v) is 4.92. The van der Waals surface area contributed by atoms with Crippen LogP contribution in [0.5, 0.6) is 0 Å². The summed E-state index contributed by atoms with van der Waals surface area (Å²) in [4.78, 5) is 7.62. The molecule has 2 heterocycles. The molecule has 0 aliphatic carbocycles. The lowest BCUT2D eigenvalue weighted by Crippen LogP contribution is -2.55. The van der Waals surface area contributed by atoms with E-state index in [1.54, 1.807) is 0 Å². The quantitative estimate of drug-likeness (QED) is 0.342. The predicted octanol–water partition coefficient (Wildman–Crippen LogP) is 6.57. The molecule has 4 heteroatoms. The van der Waals surface area contributed by atoms with Crippen molar-refractivity contribution in [3.63, 3.8) is 0 Å². The topological polar surface area (TPSA) is 29.7 Å². The van der Waals surface area contributed by atoms with Crippen LogP contribution < -0.4 is 0 Å². The van der Waals surface area contributed by atoms with E-state index in [1.807, 2.05) is 0 Å². The van der Waals surface area contributed by atoms with Gasteiger partial charge in [-0.2, -0.15) is 0 Å². The van der Waals surface area contributed by atoms with Crippen LogP contribution in [0.15, 0.2) is 29.3 Å². The van der Waals surface area contributed by atoms with Crippen molar-refractivity contribution in [2.45, 2.75) is 96.9 Å². The Morgan fingerprint density at radius 2 is 1.54 bits per heavy atom. The molecule has 1 aromatic rings. The number of rotatable bonds is 4. The van der Waals surface area contributed by atoms with Gasteiger partial charge in [0.25, 0.3) is 0 Å². The molecule has 0 radical (unpaired) electrons. The highest BCUT2D eigenvalue weighted by Gasteiger charge is 2.41. The van der Waals surface area contributed by atoms with Gasteiger partial charge in [-0.05, 0) is 24.7 Å². The summed E-state index contributed by atoms with van der Waals surface area (Å²) in [5.41, 5.74) is 2.29. The van der Waals surface area contributed by atoms with E-state index in [2.05, 4.69) is 63.7 Å². The molecule has 2 saturated heterocycles. The van der Waals surface area contributed by atoms with Crippen LogP contribution in [0, 0.1) is 6.92 Å². The smallest absolute Gasteiger partial charge is 0.185 e. The van der Waals surface area contributed by atoms with Gasteiger partial charge in [0, 0.05) is 5.96 Å². The monoisotopic (exact) mass is 352 g/mol. The molecule has 142 valence electrons. The Hall–Kier alpha value is -1.45. The first-order valence-electron chi connectivity index (χ1n) is 10.6. The minimum Gasteiger partial charge on any atom is -0.454 e. The molecule has 2 aliphatic heterocycles. The summed E-state index contributed by atoms with van der Waals surface area (Å²) in [6.45, 7) is 11.7. The van der Waals surface area contributed by atoms with E-state index in [0.717, 1.165) is 23.3 Å². The van der Waals surface area contributed by atoms with Gasteiger partial charge in [0.1, 0.15) is 0 Å². The first-order valence-corrected chi connectivity index (χ1v) is 10.6. The van der Waals surface area contributed by atoms with Crippen LogP contribution in [-0.2, 0) is 0 Å². The third-order valence-electron chi connectivity index (χ3n) is 6.01. The first kappa shape index (κ1) is 19.3. The summed E-state index contributed by atoms with van der Waals surface area (Å²) < 4.78 is 0. The molecule has 1 aromatic carbocycles. The number of aryl methyl sites for hydroxylation is 1. The number of nitrogens with zero attached hydrogens (tertiary/aromatic N) is 3. The Morgan fingerprint density at radius 1 is 1.00 bits per heavy atom. The summed E-state index contributed by atoms with van der Waals surface area (Å²) in [6.07, 6.45) is 8.33. The fourth-order valence-electron chi connectivity index (χ4n) is 4.92. The number of hydrogen-bond donors (Lipinski definition) is 0. The molecule has 0 spiro atoms. The van der Waals surface area contributed by atoms with Crippen molar-refractivity contribution in [3.8, 4) is 0 Å². The molecular weight excluding hydrogens is 317 g/mol. The van der Waals surface area contributed by atoms with Crippen LogP contribution >= 0.6 is 0 Å². The molecule has 0 atom stereocenters. The van der Waals surface area contributed by atoms with Gasteiger partial charge in [-0.3, -0.25) is 0 Å². The molecule has 2 fully saturated rings. The van der Waals surface area contributed by atoms with E-state index in [1.165, 1.54) is 44.1 Å². The van der Waals surface area contributed by atoms with Gasteiger partial charge >= 0.3 is 0 Å². The van der Waals surface area contributed by atoms with Crippen LogP contribution in [0.4, 0.5) is 5.69 Å². The average Bonchev–Trinajstić information content (AvgIpc) is 2.56. The maximum atomic E-state index is 5.04. The van der Waals surface area contributed by atoms with Crippen LogP contribution in [0.1, 0.15) is 71.8 Å².